The lowest BCUT2D eigenvalue weighted by Gasteiger charge is -2.20. The Hall–Kier alpha value is -1.16. The van der Waals surface area contributed by atoms with E-state index in [1.807, 2.05) is 34.5 Å². The smallest absolute Gasteiger partial charge is 0.197 e. The molecule has 1 fully saturated rings. The van der Waals surface area contributed by atoms with Gasteiger partial charge in [-0.2, -0.15) is 11.8 Å². The van der Waals surface area contributed by atoms with E-state index < -0.39 is 0 Å². The Labute approximate surface area is 105 Å². The summed E-state index contributed by atoms with van der Waals surface area (Å²) in [7, 11) is 0. The van der Waals surface area contributed by atoms with Gasteiger partial charge < -0.3 is 5.11 Å². The summed E-state index contributed by atoms with van der Waals surface area (Å²) in [6.45, 7) is 0. The standard InChI is InChI=1S/C13H16N2OS/c16-13-6-3-4-10-9-14-12(15(10)13)8-11-5-1-2-7-17-11/h3-4,6,9,11,16H,1-2,5,7-8H2. The van der Waals surface area contributed by atoms with Crippen molar-refractivity contribution in [1.29, 1.82) is 0 Å². The van der Waals surface area contributed by atoms with Gasteiger partial charge in [0.2, 0.25) is 0 Å². The van der Waals surface area contributed by atoms with Gasteiger partial charge in [-0.25, -0.2) is 4.98 Å². The Morgan fingerprint density at radius 2 is 2.35 bits per heavy atom. The molecule has 1 unspecified atom stereocenters. The van der Waals surface area contributed by atoms with Crippen LogP contribution in [-0.4, -0.2) is 25.5 Å². The van der Waals surface area contributed by atoms with Crippen LogP contribution in [0.4, 0.5) is 0 Å². The van der Waals surface area contributed by atoms with Crippen LogP contribution in [0.15, 0.2) is 24.4 Å². The highest BCUT2D eigenvalue weighted by Crippen LogP contribution is 2.28. The number of imidazole rings is 1. The normalized spacial score (nSPS) is 20.8. The van der Waals surface area contributed by atoms with Crippen LogP contribution in [0.1, 0.15) is 25.1 Å². The molecule has 3 rings (SSSR count). The van der Waals surface area contributed by atoms with Crippen molar-refractivity contribution in [3.05, 3.63) is 30.2 Å². The molecule has 3 nitrogen and oxygen atoms in total. The van der Waals surface area contributed by atoms with E-state index in [9.17, 15) is 5.11 Å². The second-order valence-corrected chi connectivity index (χ2v) is 5.92. The summed E-state index contributed by atoms with van der Waals surface area (Å²) in [5, 5.41) is 10.5. The van der Waals surface area contributed by atoms with Gasteiger partial charge in [-0.3, -0.25) is 4.40 Å². The zero-order valence-electron chi connectivity index (χ0n) is 9.67. The Bertz CT molecular complexity index is 517. The van der Waals surface area contributed by atoms with Crippen LogP contribution in [0, 0.1) is 0 Å². The minimum atomic E-state index is 0.288. The van der Waals surface area contributed by atoms with Gasteiger partial charge in [-0.05, 0) is 30.7 Å². The molecular formula is C13H16N2OS. The van der Waals surface area contributed by atoms with E-state index in [2.05, 4.69) is 4.98 Å². The van der Waals surface area contributed by atoms with Crippen LogP contribution < -0.4 is 0 Å². The first-order valence-corrected chi connectivity index (χ1v) is 7.15. The van der Waals surface area contributed by atoms with Crippen LogP contribution in [-0.2, 0) is 6.42 Å². The van der Waals surface area contributed by atoms with Gasteiger partial charge in [0.05, 0.1) is 11.7 Å². The maximum atomic E-state index is 9.89. The zero-order valence-corrected chi connectivity index (χ0v) is 10.5. The van der Waals surface area contributed by atoms with Gasteiger partial charge in [0.25, 0.3) is 0 Å². The average molecular weight is 248 g/mol. The highest BCUT2D eigenvalue weighted by Gasteiger charge is 2.17. The van der Waals surface area contributed by atoms with Crippen molar-refractivity contribution in [3.63, 3.8) is 0 Å². The fourth-order valence-corrected chi connectivity index (χ4v) is 3.71. The number of hydrogen-bond donors (Lipinski definition) is 1. The quantitative estimate of drug-likeness (QED) is 0.888. The number of hydrogen-bond acceptors (Lipinski definition) is 3. The number of rotatable bonds is 2. The maximum absolute atomic E-state index is 9.89. The van der Waals surface area contributed by atoms with E-state index in [-0.39, 0.29) is 5.88 Å². The van der Waals surface area contributed by atoms with E-state index in [4.69, 9.17) is 0 Å². The number of thioether (sulfide) groups is 1. The number of aromatic nitrogens is 2. The summed E-state index contributed by atoms with van der Waals surface area (Å²) in [6.07, 6.45) is 6.73. The Morgan fingerprint density at radius 1 is 1.41 bits per heavy atom. The number of fused-ring (bicyclic) bond motifs is 1. The van der Waals surface area contributed by atoms with Crippen LogP contribution in [0.25, 0.3) is 5.52 Å². The molecule has 1 saturated heterocycles. The summed E-state index contributed by atoms with van der Waals surface area (Å²) in [4.78, 5) is 4.44. The van der Waals surface area contributed by atoms with Gasteiger partial charge in [0.15, 0.2) is 5.88 Å². The number of aromatic hydroxyl groups is 1. The van der Waals surface area contributed by atoms with Gasteiger partial charge in [0.1, 0.15) is 5.82 Å². The van der Waals surface area contributed by atoms with E-state index in [0.29, 0.717) is 5.25 Å². The molecule has 2 aromatic rings. The predicted molar refractivity (Wildman–Crippen MR) is 70.7 cm³/mol. The third kappa shape index (κ3) is 2.14. The molecule has 0 aromatic carbocycles. The van der Waals surface area contributed by atoms with Gasteiger partial charge in [0, 0.05) is 11.7 Å². The molecule has 1 N–H and O–H groups in total. The molecule has 1 aliphatic rings. The molecule has 0 aliphatic carbocycles. The first-order valence-electron chi connectivity index (χ1n) is 6.10. The van der Waals surface area contributed by atoms with Crippen LogP contribution in [0.3, 0.4) is 0 Å². The number of pyridine rings is 1. The lowest BCUT2D eigenvalue weighted by Crippen LogP contribution is -2.14. The lowest BCUT2D eigenvalue weighted by molar-refractivity contribution is 0.442. The second kappa shape index (κ2) is 4.61. The van der Waals surface area contributed by atoms with Crippen LogP contribution in [0.5, 0.6) is 5.88 Å². The average Bonchev–Trinajstić information content (AvgIpc) is 2.75. The SMILES string of the molecule is Oc1cccc2cnc(CC3CCCCS3)n12. The van der Waals surface area contributed by atoms with E-state index in [1.54, 1.807) is 6.07 Å². The van der Waals surface area contributed by atoms with Crippen molar-refractivity contribution in [2.75, 3.05) is 5.75 Å². The van der Waals surface area contributed by atoms with Crippen molar-refractivity contribution in [2.24, 2.45) is 0 Å². The van der Waals surface area contributed by atoms with Crippen molar-refractivity contribution in [1.82, 2.24) is 9.38 Å². The molecule has 0 bridgehead atoms. The summed E-state index contributed by atoms with van der Waals surface area (Å²) >= 11 is 2.04. The van der Waals surface area contributed by atoms with Crippen LogP contribution in [0.2, 0.25) is 0 Å². The van der Waals surface area contributed by atoms with E-state index >= 15 is 0 Å². The Balaban J connectivity index is 1.89. The van der Waals surface area contributed by atoms with Crippen LogP contribution >= 0.6 is 11.8 Å². The summed E-state index contributed by atoms with van der Waals surface area (Å²) < 4.78 is 1.86. The second-order valence-electron chi connectivity index (χ2n) is 4.51. The highest BCUT2D eigenvalue weighted by atomic mass is 32.2. The fraction of sp³-hybridized carbons (Fsp3) is 0.462. The Kier molecular flexibility index (Phi) is 2.97. The third-order valence-corrected chi connectivity index (χ3v) is 4.69. The molecule has 1 atom stereocenters. The van der Waals surface area contributed by atoms with E-state index in [0.717, 1.165) is 17.8 Å². The molecular weight excluding hydrogens is 232 g/mol. The fourth-order valence-electron chi connectivity index (χ4n) is 2.41. The van der Waals surface area contributed by atoms with Crippen molar-refractivity contribution < 1.29 is 5.11 Å². The molecule has 90 valence electrons. The molecule has 17 heavy (non-hydrogen) atoms. The molecule has 2 aromatic heterocycles. The minimum Gasteiger partial charge on any atom is -0.494 e. The largest absolute Gasteiger partial charge is 0.494 e. The first-order chi connectivity index (χ1) is 8.34. The van der Waals surface area contributed by atoms with Gasteiger partial charge in [-0.1, -0.05) is 12.5 Å². The maximum Gasteiger partial charge on any atom is 0.197 e. The highest BCUT2D eigenvalue weighted by molar-refractivity contribution is 7.99. The van der Waals surface area contributed by atoms with Gasteiger partial charge in [-0.15, -0.1) is 0 Å². The molecule has 0 saturated carbocycles. The molecule has 0 radical (unpaired) electrons. The molecule has 4 heteroatoms. The lowest BCUT2D eigenvalue weighted by atomic mass is 10.1. The summed E-state index contributed by atoms with van der Waals surface area (Å²) in [6, 6.07) is 5.54. The van der Waals surface area contributed by atoms with Crippen molar-refractivity contribution in [3.8, 4) is 5.88 Å². The predicted octanol–water partition coefficient (Wildman–Crippen LogP) is 2.87. The monoisotopic (exact) mass is 248 g/mol. The summed E-state index contributed by atoms with van der Waals surface area (Å²) in [5.74, 6) is 2.54. The molecule has 1 aliphatic heterocycles. The van der Waals surface area contributed by atoms with E-state index in [1.165, 1.54) is 25.0 Å². The van der Waals surface area contributed by atoms with Crippen molar-refractivity contribution in [2.45, 2.75) is 30.9 Å². The summed E-state index contributed by atoms with van der Waals surface area (Å²) in [5.41, 5.74) is 0.973. The Morgan fingerprint density at radius 3 is 3.18 bits per heavy atom. The number of nitrogens with zero attached hydrogens (tertiary/aromatic N) is 2. The zero-order chi connectivity index (χ0) is 11.7. The first kappa shape index (κ1) is 11.0. The topological polar surface area (TPSA) is 37.5 Å². The minimum absolute atomic E-state index is 0.288. The third-order valence-electron chi connectivity index (χ3n) is 3.29. The van der Waals surface area contributed by atoms with Gasteiger partial charge >= 0.3 is 0 Å². The van der Waals surface area contributed by atoms with Crippen molar-refractivity contribution >= 4 is 17.3 Å². The molecule has 0 amide bonds. The molecule has 3 heterocycles. The molecule has 0 spiro atoms.